The Morgan fingerprint density at radius 1 is 0.500 bits per heavy atom. The molecule has 1 atom stereocenters. The molecule has 3 rings (SSSR count). The molecule has 0 amide bonds. The Morgan fingerprint density at radius 2 is 0.867 bits per heavy atom. The van der Waals surface area contributed by atoms with Crippen LogP contribution in [0.15, 0.2) is 91.0 Å². The highest BCUT2D eigenvalue weighted by Gasteiger charge is 2.30. The van der Waals surface area contributed by atoms with E-state index in [1.165, 1.54) is 55.0 Å². The molecule has 3 aromatic carbocycles. The van der Waals surface area contributed by atoms with Crippen molar-refractivity contribution < 1.29 is 0 Å². The van der Waals surface area contributed by atoms with Crippen LogP contribution in [-0.4, -0.2) is 6.16 Å². The predicted octanol–water partition coefficient (Wildman–Crippen LogP) is 7.95. The molecule has 0 radical (unpaired) electrons. The summed E-state index contributed by atoms with van der Waals surface area (Å²) in [5.74, 6) is 0. The number of benzene rings is 3. The van der Waals surface area contributed by atoms with E-state index in [2.05, 4.69) is 100 Å². The second kappa shape index (κ2) is 13.6. The Bertz CT molecular complexity index is 700. The van der Waals surface area contributed by atoms with Gasteiger partial charge in [0.1, 0.15) is 0 Å². The van der Waals surface area contributed by atoms with Gasteiger partial charge in [0.05, 0.1) is 0 Å². The lowest BCUT2D eigenvalue weighted by atomic mass is 9.69. The smallest absolute Gasteiger partial charge is 0.0176 e. The largest absolute Gasteiger partial charge is 0.147 e. The van der Waals surface area contributed by atoms with Gasteiger partial charge >= 0.3 is 0 Å². The van der Waals surface area contributed by atoms with Gasteiger partial charge in [-0.15, -0.1) is 21.6 Å². The standard InChI is InChI=1S/C28H35P.ClH/c29-21-13-2-1-12-20-28(22-25-14-6-3-7-15-25,23-26-16-8-4-9-17-26)24-27-18-10-5-11-19-27;/h3-11,14-19H,1-2,12-13,20-24,29H2;1H. The fraction of sp³-hybridized carbons (Fsp3) is 0.357. The van der Waals surface area contributed by atoms with E-state index in [-0.39, 0.29) is 17.8 Å². The van der Waals surface area contributed by atoms with Gasteiger partial charge in [0, 0.05) is 0 Å². The molecule has 0 N–H and O–H groups in total. The van der Waals surface area contributed by atoms with Crippen LogP contribution in [0.1, 0.15) is 48.8 Å². The molecule has 0 nitrogen and oxygen atoms in total. The molecule has 0 aromatic heterocycles. The third-order valence-corrected chi connectivity index (χ3v) is 6.34. The monoisotopic (exact) mass is 438 g/mol. The molecular formula is C28H36ClP. The van der Waals surface area contributed by atoms with E-state index in [1.54, 1.807) is 0 Å². The van der Waals surface area contributed by atoms with Crippen molar-refractivity contribution in [2.24, 2.45) is 5.41 Å². The highest BCUT2D eigenvalue weighted by molar-refractivity contribution is 7.16. The Labute approximate surface area is 192 Å². The van der Waals surface area contributed by atoms with E-state index < -0.39 is 0 Å². The number of rotatable bonds is 12. The van der Waals surface area contributed by atoms with Gasteiger partial charge in [-0.3, -0.25) is 0 Å². The zero-order valence-electron chi connectivity index (χ0n) is 18.0. The zero-order chi connectivity index (χ0) is 20.2. The summed E-state index contributed by atoms with van der Waals surface area (Å²) in [6.45, 7) is 0. The molecule has 0 saturated heterocycles. The molecule has 2 heteroatoms. The predicted molar refractivity (Wildman–Crippen MR) is 138 cm³/mol. The molecule has 0 saturated carbocycles. The van der Waals surface area contributed by atoms with Crippen LogP contribution < -0.4 is 0 Å². The van der Waals surface area contributed by atoms with Crippen molar-refractivity contribution in [2.75, 3.05) is 6.16 Å². The molecule has 30 heavy (non-hydrogen) atoms. The van der Waals surface area contributed by atoms with Crippen LogP contribution in [0.3, 0.4) is 0 Å². The van der Waals surface area contributed by atoms with Crippen molar-refractivity contribution >= 4 is 21.6 Å². The molecule has 0 heterocycles. The highest BCUT2D eigenvalue weighted by Crippen LogP contribution is 2.37. The van der Waals surface area contributed by atoms with Gasteiger partial charge in [0.2, 0.25) is 0 Å². The quantitative estimate of drug-likeness (QED) is 0.199. The number of hydrogen-bond donors (Lipinski definition) is 0. The van der Waals surface area contributed by atoms with Crippen molar-refractivity contribution in [3.63, 3.8) is 0 Å². The lowest BCUT2D eigenvalue weighted by Gasteiger charge is -2.35. The average molecular weight is 439 g/mol. The first-order valence-electron chi connectivity index (χ1n) is 11.1. The number of hydrogen-bond acceptors (Lipinski definition) is 0. The van der Waals surface area contributed by atoms with Gasteiger partial charge in [-0.2, -0.15) is 0 Å². The van der Waals surface area contributed by atoms with E-state index >= 15 is 0 Å². The number of halogens is 1. The SMILES string of the molecule is Cl.PCCCCCCC(Cc1ccccc1)(Cc1ccccc1)Cc1ccccc1. The summed E-state index contributed by atoms with van der Waals surface area (Å²) in [6, 6.07) is 33.3. The molecule has 0 aliphatic rings. The molecule has 0 fully saturated rings. The maximum Gasteiger partial charge on any atom is -0.0176 e. The van der Waals surface area contributed by atoms with Crippen LogP contribution in [0.5, 0.6) is 0 Å². The minimum Gasteiger partial charge on any atom is -0.147 e. The molecule has 0 aliphatic carbocycles. The molecule has 0 spiro atoms. The topological polar surface area (TPSA) is 0 Å². The van der Waals surface area contributed by atoms with Gasteiger partial charge in [-0.25, -0.2) is 0 Å². The van der Waals surface area contributed by atoms with Crippen molar-refractivity contribution in [1.29, 1.82) is 0 Å². The molecule has 160 valence electrons. The first-order chi connectivity index (χ1) is 14.3. The highest BCUT2D eigenvalue weighted by atomic mass is 35.5. The van der Waals surface area contributed by atoms with Gasteiger partial charge in [0.15, 0.2) is 0 Å². The van der Waals surface area contributed by atoms with Crippen LogP contribution >= 0.6 is 21.6 Å². The van der Waals surface area contributed by atoms with Crippen molar-refractivity contribution in [1.82, 2.24) is 0 Å². The summed E-state index contributed by atoms with van der Waals surface area (Å²) in [5.41, 5.74) is 4.64. The normalized spacial score (nSPS) is 11.1. The van der Waals surface area contributed by atoms with Crippen LogP contribution in [0.4, 0.5) is 0 Å². The summed E-state index contributed by atoms with van der Waals surface area (Å²) >= 11 is 0. The van der Waals surface area contributed by atoms with E-state index in [1.807, 2.05) is 0 Å². The van der Waals surface area contributed by atoms with Gasteiger partial charge in [-0.1, -0.05) is 110 Å². The summed E-state index contributed by atoms with van der Waals surface area (Å²) in [5, 5.41) is 0. The molecule has 1 unspecified atom stereocenters. The number of unbranched alkanes of at least 4 members (excludes halogenated alkanes) is 3. The second-order valence-electron chi connectivity index (χ2n) is 8.44. The van der Waals surface area contributed by atoms with Gasteiger partial charge in [-0.05, 0) is 60.4 Å². The summed E-state index contributed by atoms with van der Waals surface area (Å²) in [4.78, 5) is 0. The average Bonchev–Trinajstić information content (AvgIpc) is 2.76. The van der Waals surface area contributed by atoms with E-state index in [0.29, 0.717) is 0 Å². The van der Waals surface area contributed by atoms with Crippen LogP contribution in [-0.2, 0) is 19.3 Å². The van der Waals surface area contributed by atoms with E-state index in [9.17, 15) is 0 Å². The van der Waals surface area contributed by atoms with Gasteiger partial charge < -0.3 is 0 Å². The third-order valence-electron chi connectivity index (χ3n) is 5.93. The summed E-state index contributed by atoms with van der Waals surface area (Å²) in [7, 11) is 2.86. The summed E-state index contributed by atoms with van der Waals surface area (Å²) < 4.78 is 0. The third kappa shape index (κ3) is 8.25. The fourth-order valence-electron chi connectivity index (χ4n) is 4.54. The Hall–Kier alpha value is -1.62. The maximum atomic E-state index is 2.86. The van der Waals surface area contributed by atoms with Crippen molar-refractivity contribution in [2.45, 2.75) is 51.4 Å². The van der Waals surface area contributed by atoms with Crippen molar-refractivity contribution in [3.8, 4) is 0 Å². The summed E-state index contributed by atoms with van der Waals surface area (Å²) in [6.07, 6.45) is 11.3. The van der Waals surface area contributed by atoms with Crippen LogP contribution in [0.25, 0.3) is 0 Å². The Morgan fingerprint density at radius 3 is 1.23 bits per heavy atom. The lowest BCUT2D eigenvalue weighted by Crippen LogP contribution is -2.30. The molecular weight excluding hydrogens is 403 g/mol. The lowest BCUT2D eigenvalue weighted by molar-refractivity contribution is 0.244. The molecule has 0 aliphatic heterocycles. The van der Waals surface area contributed by atoms with E-state index in [4.69, 9.17) is 0 Å². The second-order valence-corrected chi connectivity index (χ2v) is 9.02. The zero-order valence-corrected chi connectivity index (χ0v) is 20.0. The van der Waals surface area contributed by atoms with Crippen molar-refractivity contribution in [3.05, 3.63) is 108 Å². The maximum absolute atomic E-state index is 2.86. The van der Waals surface area contributed by atoms with Gasteiger partial charge in [0.25, 0.3) is 0 Å². The first-order valence-corrected chi connectivity index (χ1v) is 11.9. The molecule has 3 aromatic rings. The fourth-order valence-corrected chi connectivity index (χ4v) is 4.83. The van der Waals surface area contributed by atoms with Crippen LogP contribution in [0, 0.1) is 5.41 Å². The Kier molecular flexibility index (Phi) is 11.2. The Balaban J connectivity index is 0.00000320. The van der Waals surface area contributed by atoms with E-state index in [0.717, 1.165) is 19.3 Å². The first kappa shape index (κ1) is 24.6. The minimum atomic E-state index is 0. The molecule has 0 bridgehead atoms. The minimum absolute atomic E-state index is 0. The van der Waals surface area contributed by atoms with Crippen LogP contribution in [0.2, 0.25) is 0 Å².